The minimum Gasteiger partial charge on any atom is -0.482 e. The van der Waals surface area contributed by atoms with Crippen LogP contribution in [0.4, 0.5) is 5.69 Å². The highest BCUT2D eigenvalue weighted by Gasteiger charge is 2.30. The number of ether oxygens (including phenoxy) is 1. The van der Waals surface area contributed by atoms with Crippen molar-refractivity contribution in [3.8, 4) is 5.75 Å². The lowest BCUT2D eigenvalue weighted by atomic mass is 10.1. The Morgan fingerprint density at radius 2 is 1.96 bits per heavy atom. The first-order valence-electron chi connectivity index (χ1n) is 7.34. The van der Waals surface area contributed by atoms with Gasteiger partial charge in [-0.25, -0.2) is 8.42 Å². The fourth-order valence-corrected chi connectivity index (χ4v) is 4.13. The molecule has 10 heteroatoms. The Balaban J connectivity index is 1.97. The number of carbonyl (C=O) groups excluding carboxylic acids is 1. The molecule has 1 aliphatic rings. The van der Waals surface area contributed by atoms with E-state index in [2.05, 4.69) is 10.0 Å². The number of carboxylic acid groups (broad SMARTS) is 1. The Kier molecular flexibility index (Phi) is 4.86. The molecule has 8 nitrogen and oxygen atoms in total. The van der Waals surface area contributed by atoms with Crippen molar-refractivity contribution in [3.63, 3.8) is 0 Å². The molecule has 26 heavy (non-hydrogen) atoms. The predicted octanol–water partition coefficient (Wildman–Crippen LogP) is 1.78. The van der Waals surface area contributed by atoms with Crippen LogP contribution in [0.2, 0.25) is 5.02 Å². The summed E-state index contributed by atoms with van der Waals surface area (Å²) in [4.78, 5) is 22.5. The molecule has 1 aliphatic heterocycles. The van der Waals surface area contributed by atoms with Crippen molar-refractivity contribution in [2.24, 2.45) is 0 Å². The van der Waals surface area contributed by atoms with Crippen molar-refractivity contribution in [2.75, 3.05) is 11.9 Å². The molecule has 0 radical (unpaired) electrons. The molecule has 0 bridgehead atoms. The van der Waals surface area contributed by atoms with Gasteiger partial charge in [0, 0.05) is 6.07 Å². The number of halogens is 1. The molecule has 1 atom stereocenters. The SMILES string of the molecule is O=C1COc2cc(S(=O)(=O)N[C@@H](C(=O)O)c3ccccc3)c(Cl)cc2N1. The quantitative estimate of drug-likeness (QED) is 0.708. The minimum atomic E-state index is -4.29. The number of benzene rings is 2. The van der Waals surface area contributed by atoms with Gasteiger partial charge in [0.25, 0.3) is 5.91 Å². The zero-order valence-corrected chi connectivity index (χ0v) is 14.7. The van der Waals surface area contributed by atoms with Crippen LogP contribution in [-0.2, 0) is 19.6 Å². The molecule has 136 valence electrons. The normalized spacial score (nSPS) is 14.7. The number of anilines is 1. The molecule has 0 spiro atoms. The van der Waals surface area contributed by atoms with Gasteiger partial charge < -0.3 is 15.2 Å². The zero-order chi connectivity index (χ0) is 18.9. The second-order valence-corrected chi connectivity index (χ2v) is 7.51. The van der Waals surface area contributed by atoms with E-state index in [1.165, 1.54) is 18.2 Å². The minimum absolute atomic E-state index is 0.126. The van der Waals surface area contributed by atoms with Gasteiger partial charge in [-0.05, 0) is 11.6 Å². The van der Waals surface area contributed by atoms with Crippen LogP contribution in [0.15, 0.2) is 47.4 Å². The first-order valence-corrected chi connectivity index (χ1v) is 9.20. The van der Waals surface area contributed by atoms with Gasteiger partial charge in [-0.1, -0.05) is 41.9 Å². The highest BCUT2D eigenvalue weighted by Crippen LogP contribution is 2.36. The van der Waals surface area contributed by atoms with Crippen molar-refractivity contribution < 1.29 is 27.9 Å². The van der Waals surface area contributed by atoms with Gasteiger partial charge in [-0.3, -0.25) is 9.59 Å². The van der Waals surface area contributed by atoms with Gasteiger partial charge in [-0.2, -0.15) is 4.72 Å². The lowest BCUT2D eigenvalue weighted by Crippen LogP contribution is -2.34. The maximum absolute atomic E-state index is 12.7. The third kappa shape index (κ3) is 3.64. The van der Waals surface area contributed by atoms with Crippen LogP contribution in [0, 0.1) is 0 Å². The van der Waals surface area contributed by atoms with Gasteiger partial charge >= 0.3 is 5.97 Å². The summed E-state index contributed by atoms with van der Waals surface area (Å²) in [5.74, 6) is -1.63. The van der Waals surface area contributed by atoms with E-state index in [1.54, 1.807) is 18.2 Å². The summed E-state index contributed by atoms with van der Waals surface area (Å²) in [5.41, 5.74) is 0.504. The number of fused-ring (bicyclic) bond motifs is 1. The van der Waals surface area contributed by atoms with E-state index < -0.39 is 27.9 Å². The van der Waals surface area contributed by atoms with Crippen LogP contribution >= 0.6 is 11.6 Å². The molecule has 2 aromatic rings. The molecule has 2 aromatic carbocycles. The Morgan fingerprint density at radius 3 is 2.62 bits per heavy atom. The lowest BCUT2D eigenvalue weighted by Gasteiger charge is -2.20. The fraction of sp³-hybridized carbons (Fsp3) is 0.125. The van der Waals surface area contributed by atoms with Crippen molar-refractivity contribution in [3.05, 3.63) is 53.1 Å². The molecule has 0 unspecified atom stereocenters. The molecule has 0 saturated heterocycles. The molecule has 0 aromatic heterocycles. The molecule has 3 N–H and O–H groups in total. The number of hydrogen-bond acceptors (Lipinski definition) is 5. The molecular formula is C16H13ClN2O6S. The largest absolute Gasteiger partial charge is 0.482 e. The fourth-order valence-electron chi connectivity index (χ4n) is 2.41. The van der Waals surface area contributed by atoms with E-state index in [1.807, 2.05) is 0 Å². The van der Waals surface area contributed by atoms with E-state index in [0.717, 1.165) is 6.07 Å². The zero-order valence-electron chi connectivity index (χ0n) is 13.1. The Labute approximate surface area is 153 Å². The molecular weight excluding hydrogens is 384 g/mol. The summed E-state index contributed by atoms with van der Waals surface area (Å²) in [6, 6.07) is 8.76. The number of carboxylic acids is 1. The highest BCUT2D eigenvalue weighted by molar-refractivity contribution is 7.89. The van der Waals surface area contributed by atoms with E-state index in [-0.39, 0.29) is 33.5 Å². The maximum Gasteiger partial charge on any atom is 0.326 e. The molecule has 0 aliphatic carbocycles. The number of aliphatic carboxylic acids is 1. The van der Waals surface area contributed by atoms with Crippen molar-refractivity contribution >= 4 is 39.2 Å². The van der Waals surface area contributed by atoms with Crippen LogP contribution in [0.1, 0.15) is 11.6 Å². The van der Waals surface area contributed by atoms with Crippen molar-refractivity contribution in [1.82, 2.24) is 4.72 Å². The van der Waals surface area contributed by atoms with Crippen molar-refractivity contribution in [1.29, 1.82) is 0 Å². The van der Waals surface area contributed by atoms with Gasteiger partial charge in [0.15, 0.2) is 6.61 Å². The summed E-state index contributed by atoms with van der Waals surface area (Å²) < 4.78 is 32.7. The molecule has 0 fully saturated rings. The average Bonchev–Trinajstić information content (AvgIpc) is 2.59. The smallest absolute Gasteiger partial charge is 0.326 e. The summed E-state index contributed by atoms with van der Waals surface area (Å²) in [6.45, 7) is -0.261. The third-order valence-electron chi connectivity index (χ3n) is 3.61. The first kappa shape index (κ1) is 18.2. The highest BCUT2D eigenvalue weighted by atomic mass is 35.5. The Morgan fingerprint density at radius 1 is 1.27 bits per heavy atom. The number of amides is 1. The topological polar surface area (TPSA) is 122 Å². The number of rotatable bonds is 5. The van der Waals surface area contributed by atoms with E-state index in [9.17, 15) is 23.1 Å². The van der Waals surface area contributed by atoms with Crippen molar-refractivity contribution in [2.45, 2.75) is 10.9 Å². The van der Waals surface area contributed by atoms with Crippen LogP contribution in [-0.4, -0.2) is 32.0 Å². The average molecular weight is 397 g/mol. The van der Waals surface area contributed by atoms with Crippen LogP contribution < -0.4 is 14.8 Å². The monoisotopic (exact) mass is 396 g/mol. The second-order valence-electron chi connectivity index (χ2n) is 5.42. The maximum atomic E-state index is 12.7. The first-order chi connectivity index (χ1) is 12.3. The number of sulfonamides is 1. The van der Waals surface area contributed by atoms with E-state index >= 15 is 0 Å². The van der Waals surface area contributed by atoms with Gasteiger partial charge in [0.1, 0.15) is 16.7 Å². The predicted molar refractivity (Wildman–Crippen MR) is 92.7 cm³/mol. The molecule has 1 amide bonds. The van der Waals surface area contributed by atoms with Gasteiger partial charge in [0.2, 0.25) is 10.0 Å². The van der Waals surface area contributed by atoms with E-state index in [4.69, 9.17) is 16.3 Å². The number of carbonyl (C=O) groups is 2. The molecule has 3 rings (SSSR count). The van der Waals surface area contributed by atoms with Gasteiger partial charge in [0.05, 0.1) is 10.7 Å². The van der Waals surface area contributed by atoms with Crippen LogP contribution in [0.25, 0.3) is 0 Å². The number of nitrogens with one attached hydrogen (secondary N) is 2. The lowest BCUT2D eigenvalue weighted by molar-refractivity contribution is -0.139. The summed E-state index contributed by atoms with van der Waals surface area (Å²) in [5, 5.41) is 11.7. The summed E-state index contributed by atoms with van der Waals surface area (Å²) in [7, 11) is -4.29. The summed E-state index contributed by atoms with van der Waals surface area (Å²) >= 11 is 6.03. The third-order valence-corrected chi connectivity index (χ3v) is 5.50. The molecule has 1 heterocycles. The van der Waals surface area contributed by atoms with Gasteiger partial charge in [-0.15, -0.1) is 0 Å². The van der Waals surface area contributed by atoms with Crippen LogP contribution in [0.5, 0.6) is 5.75 Å². The van der Waals surface area contributed by atoms with E-state index in [0.29, 0.717) is 0 Å². The molecule has 0 saturated carbocycles. The summed E-state index contributed by atoms with van der Waals surface area (Å²) in [6.07, 6.45) is 0. The second kappa shape index (κ2) is 6.94. The number of hydrogen-bond donors (Lipinski definition) is 3. The standard InChI is InChI=1S/C16H13ClN2O6S/c17-10-6-11-12(25-8-14(20)18-11)7-13(10)26(23,24)19-15(16(21)22)9-4-2-1-3-5-9/h1-7,15,19H,8H2,(H,18,20)(H,21,22)/t15-/m1/s1. The van der Waals surface area contributed by atoms with Crippen LogP contribution in [0.3, 0.4) is 0 Å². The Bertz CT molecular complexity index is 978. The Hall–Kier alpha value is -2.62.